The topological polar surface area (TPSA) is 25.8 Å². The van der Waals surface area contributed by atoms with Crippen molar-refractivity contribution < 1.29 is 0 Å². The van der Waals surface area contributed by atoms with E-state index in [9.17, 15) is 0 Å². The maximum atomic E-state index is 5.71. The van der Waals surface area contributed by atoms with Crippen molar-refractivity contribution in [1.82, 2.24) is 9.97 Å². The predicted molar refractivity (Wildman–Crippen MR) is 258 cm³/mol. The number of fused-ring (bicyclic) bond motifs is 7. The summed E-state index contributed by atoms with van der Waals surface area (Å²) >= 11 is 3.67. The van der Waals surface area contributed by atoms with Gasteiger partial charge in [0.05, 0.1) is 11.4 Å². The van der Waals surface area contributed by atoms with Gasteiger partial charge in [-0.05, 0) is 57.0 Å². The summed E-state index contributed by atoms with van der Waals surface area (Å²) < 4.78 is 5.00. The van der Waals surface area contributed by atoms with Crippen molar-refractivity contribution in [1.29, 1.82) is 0 Å². The number of hydrogen-bond acceptors (Lipinski definition) is 4. The number of hydrogen-bond donors (Lipinski definition) is 0. The molecule has 0 aliphatic rings. The molecular formula is C56H34N2S2. The molecule has 0 saturated carbocycles. The van der Waals surface area contributed by atoms with Crippen molar-refractivity contribution in [2.75, 3.05) is 0 Å². The summed E-state index contributed by atoms with van der Waals surface area (Å²) in [6, 6.07) is 74.3. The Balaban J connectivity index is 1.23. The lowest BCUT2D eigenvalue weighted by atomic mass is 9.86. The molecule has 0 aliphatic carbocycles. The third kappa shape index (κ3) is 5.68. The molecule has 0 atom stereocenters. The number of aromatic nitrogens is 2. The second-order valence-electron chi connectivity index (χ2n) is 15.2. The van der Waals surface area contributed by atoms with E-state index in [0.717, 1.165) is 66.7 Å². The summed E-state index contributed by atoms with van der Waals surface area (Å²) in [4.78, 5) is 11.4. The van der Waals surface area contributed by atoms with Gasteiger partial charge in [0.1, 0.15) is 0 Å². The molecule has 0 N–H and O–H groups in total. The fourth-order valence-electron chi connectivity index (χ4n) is 9.01. The van der Waals surface area contributed by atoms with E-state index in [2.05, 4.69) is 206 Å². The molecule has 60 heavy (non-hydrogen) atoms. The van der Waals surface area contributed by atoms with Crippen LogP contribution in [0, 0.1) is 0 Å². The first-order chi connectivity index (χ1) is 29.8. The van der Waals surface area contributed by atoms with Gasteiger partial charge in [0.2, 0.25) is 0 Å². The van der Waals surface area contributed by atoms with Crippen LogP contribution in [0.5, 0.6) is 0 Å². The fourth-order valence-corrected chi connectivity index (χ4v) is 11.5. The highest BCUT2D eigenvalue weighted by Crippen LogP contribution is 2.47. The van der Waals surface area contributed by atoms with Gasteiger partial charge in [-0.1, -0.05) is 188 Å². The van der Waals surface area contributed by atoms with Gasteiger partial charge in [-0.3, -0.25) is 0 Å². The Labute approximate surface area is 355 Å². The summed E-state index contributed by atoms with van der Waals surface area (Å²) in [5.41, 5.74) is 11.9. The summed E-state index contributed by atoms with van der Waals surface area (Å²) in [6.45, 7) is 0. The minimum Gasteiger partial charge on any atom is -0.228 e. The van der Waals surface area contributed by atoms with E-state index in [1.807, 2.05) is 22.7 Å². The van der Waals surface area contributed by atoms with Gasteiger partial charge in [-0.2, -0.15) is 0 Å². The second kappa shape index (κ2) is 14.2. The van der Waals surface area contributed by atoms with Crippen LogP contribution in [-0.4, -0.2) is 9.97 Å². The first kappa shape index (κ1) is 34.8. The molecule has 4 heteroatoms. The Morgan fingerprint density at radius 2 is 0.783 bits per heavy atom. The first-order valence-corrected chi connectivity index (χ1v) is 21.9. The van der Waals surface area contributed by atoms with E-state index in [-0.39, 0.29) is 0 Å². The van der Waals surface area contributed by atoms with Crippen LogP contribution < -0.4 is 0 Å². The van der Waals surface area contributed by atoms with Gasteiger partial charge in [-0.25, -0.2) is 9.97 Å². The Kier molecular flexibility index (Phi) is 8.25. The van der Waals surface area contributed by atoms with Gasteiger partial charge in [0.15, 0.2) is 5.82 Å². The van der Waals surface area contributed by atoms with Crippen molar-refractivity contribution in [2.45, 2.75) is 0 Å². The molecule has 2 nitrogen and oxygen atoms in total. The number of thiophene rings is 2. The van der Waals surface area contributed by atoms with Crippen LogP contribution >= 0.6 is 22.7 Å². The quantitative estimate of drug-likeness (QED) is 0.167. The fraction of sp³-hybridized carbons (Fsp3) is 0. The van der Waals surface area contributed by atoms with Gasteiger partial charge < -0.3 is 0 Å². The molecule has 3 aromatic heterocycles. The van der Waals surface area contributed by atoms with E-state index in [1.54, 1.807) is 0 Å². The van der Waals surface area contributed by atoms with Crippen molar-refractivity contribution in [3.63, 3.8) is 0 Å². The van der Waals surface area contributed by atoms with Gasteiger partial charge in [0.25, 0.3) is 0 Å². The molecule has 280 valence electrons. The van der Waals surface area contributed by atoms with Gasteiger partial charge in [0, 0.05) is 62.4 Å². The average molecular weight is 799 g/mol. The molecule has 3 heterocycles. The maximum Gasteiger partial charge on any atom is 0.161 e. The largest absolute Gasteiger partial charge is 0.228 e. The molecule has 0 radical (unpaired) electrons. The van der Waals surface area contributed by atoms with Crippen LogP contribution in [0.2, 0.25) is 0 Å². The van der Waals surface area contributed by atoms with Crippen LogP contribution in [0.4, 0.5) is 0 Å². The first-order valence-electron chi connectivity index (χ1n) is 20.2. The molecular weight excluding hydrogens is 765 g/mol. The molecule has 0 unspecified atom stereocenters. The monoisotopic (exact) mass is 798 g/mol. The summed E-state index contributed by atoms with van der Waals surface area (Å²) in [7, 11) is 0. The molecule has 9 aromatic carbocycles. The van der Waals surface area contributed by atoms with Crippen LogP contribution in [0.25, 0.3) is 118 Å². The zero-order valence-corrected chi connectivity index (χ0v) is 34.0. The highest BCUT2D eigenvalue weighted by Gasteiger charge is 2.23. The maximum absolute atomic E-state index is 5.71. The lowest BCUT2D eigenvalue weighted by Crippen LogP contribution is -2.00. The smallest absolute Gasteiger partial charge is 0.161 e. The number of rotatable bonds is 6. The molecule has 0 amide bonds. The Morgan fingerprint density at radius 1 is 0.317 bits per heavy atom. The molecule has 12 aromatic rings. The van der Waals surface area contributed by atoms with Gasteiger partial charge >= 0.3 is 0 Å². The van der Waals surface area contributed by atoms with E-state index in [1.165, 1.54) is 45.9 Å². The molecule has 0 bridgehead atoms. The van der Waals surface area contributed by atoms with Crippen LogP contribution in [-0.2, 0) is 0 Å². The normalized spacial score (nSPS) is 11.7. The van der Waals surface area contributed by atoms with E-state index >= 15 is 0 Å². The minimum absolute atomic E-state index is 0.700. The lowest BCUT2D eigenvalue weighted by Gasteiger charge is -2.19. The van der Waals surface area contributed by atoms with E-state index < -0.39 is 0 Å². The van der Waals surface area contributed by atoms with Crippen LogP contribution in [0.1, 0.15) is 0 Å². The van der Waals surface area contributed by atoms with Crippen LogP contribution in [0.3, 0.4) is 0 Å². The molecule has 0 saturated heterocycles. The highest BCUT2D eigenvalue weighted by molar-refractivity contribution is 7.26. The zero-order chi connectivity index (χ0) is 39.6. The zero-order valence-electron chi connectivity index (χ0n) is 32.3. The third-order valence-corrected chi connectivity index (χ3v) is 14.2. The van der Waals surface area contributed by atoms with E-state index in [4.69, 9.17) is 9.97 Å². The standard InChI is InChI=1S/C56H34N2S2/c1-3-16-35(17-4-1)38-21-7-8-22-40(38)43-33-32-37-20-13-25-39(36-18-5-2-6-19-36)52(37)53(43)56-57-48(46-28-14-26-44-41-23-9-11-30-50(41)59-54(44)46)34-49(58-56)47-29-15-27-45-42-24-10-12-31-51(42)60-55(45)47/h1-34H. The summed E-state index contributed by atoms with van der Waals surface area (Å²) in [6.07, 6.45) is 0. The molecule has 12 rings (SSSR count). The number of benzene rings is 9. The van der Waals surface area contributed by atoms with Gasteiger partial charge in [-0.15, -0.1) is 22.7 Å². The molecule has 0 spiro atoms. The van der Waals surface area contributed by atoms with Crippen molar-refractivity contribution in [2.24, 2.45) is 0 Å². The Hall–Kier alpha value is -7.24. The predicted octanol–water partition coefficient (Wildman–Crippen LogP) is 16.4. The Morgan fingerprint density at radius 3 is 1.40 bits per heavy atom. The van der Waals surface area contributed by atoms with Crippen molar-refractivity contribution >= 4 is 73.8 Å². The lowest BCUT2D eigenvalue weighted by molar-refractivity contribution is 1.19. The molecule has 0 fully saturated rings. The van der Waals surface area contributed by atoms with Crippen molar-refractivity contribution in [3.8, 4) is 67.3 Å². The van der Waals surface area contributed by atoms with E-state index in [0.29, 0.717) is 5.82 Å². The third-order valence-electron chi connectivity index (χ3n) is 11.7. The molecule has 0 aliphatic heterocycles. The van der Waals surface area contributed by atoms with Crippen molar-refractivity contribution in [3.05, 3.63) is 206 Å². The van der Waals surface area contributed by atoms with Crippen LogP contribution in [0.15, 0.2) is 206 Å². The second-order valence-corrected chi connectivity index (χ2v) is 17.3. The highest BCUT2D eigenvalue weighted by atomic mass is 32.1. The minimum atomic E-state index is 0.700. The Bertz CT molecular complexity index is 3470. The summed E-state index contributed by atoms with van der Waals surface area (Å²) in [5, 5.41) is 7.30. The average Bonchev–Trinajstić information content (AvgIpc) is 3.90. The number of nitrogens with zero attached hydrogens (tertiary/aromatic N) is 2. The SMILES string of the molecule is c1ccc(-c2ccccc2-c2ccc3cccc(-c4ccccc4)c3c2-c2nc(-c3cccc4c3sc3ccccc34)cc(-c3cccc4c3sc3ccccc34)n2)cc1. The summed E-state index contributed by atoms with van der Waals surface area (Å²) in [5.74, 6) is 0.700.